The number of fused-ring (bicyclic) bond motifs is 1. The van der Waals surface area contributed by atoms with Gasteiger partial charge in [0.05, 0.1) is 16.7 Å². The van der Waals surface area contributed by atoms with Gasteiger partial charge in [-0.25, -0.2) is 13.4 Å². The SMILES string of the molecule is CCCCS(=O)(=O)Cc1nc2ccc(C)cc2c(=O)[nH]1. The number of rotatable bonds is 5. The van der Waals surface area contributed by atoms with E-state index < -0.39 is 9.84 Å². The predicted molar refractivity (Wildman–Crippen MR) is 79.5 cm³/mol. The molecule has 0 aliphatic rings. The molecule has 0 atom stereocenters. The molecule has 0 spiro atoms. The maximum absolute atomic E-state index is 12.0. The Balaban J connectivity index is 2.37. The lowest BCUT2D eigenvalue weighted by Crippen LogP contribution is -2.17. The zero-order valence-corrected chi connectivity index (χ0v) is 12.5. The minimum atomic E-state index is -3.22. The first-order chi connectivity index (χ1) is 9.41. The van der Waals surface area contributed by atoms with Crippen LogP contribution < -0.4 is 5.56 Å². The molecule has 0 aliphatic heterocycles. The molecule has 5 nitrogen and oxygen atoms in total. The van der Waals surface area contributed by atoms with Crippen LogP contribution in [0.4, 0.5) is 0 Å². The number of aromatic amines is 1. The number of hydrogen-bond acceptors (Lipinski definition) is 4. The standard InChI is InChI=1S/C14H18N2O3S/c1-3-4-7-20(18,19)9-13-15-12-6-5-10(2)8-11(12)14(17)16-13/h5-6,8H,3-4,7,9H2,1-2H3,(H,15,16,17). The van der Waals surface area contributed by atoms with E-state index in [0.29, 0.717) is 17.3 Å². The molecule has 108 valence electrons. The van der Waals surface area contributed by atoms with Crippen LogP contribution in [-0.2, 0) is 15.6 Å². The summed E-state index contributed by atoms with van der Waals surface area (Å²) in [6.07, 6.45) is 1.44. The second-order valence-electron chi connectivity index (χ2n) is 4.98. The second-order valence-corrected chi connectivity index (χ2v) is 7.16. The Labute approximate surface area is 118 Å². The van der Waals surface area contributed by atoms with Crippen molar-refractivity contribution in [2.75, 3.05) is 5.75 Å². The van der Waals surface area contributed by atoms with Crippen LogP contribution in [-0.4, -0.2) is 24.1 Å². The van der Waals surface area contributed by atoms with Gasteiger partial charge in [0.25, 0.3) is 5.56 Å². The summed E-state index contributed by atoms with van der Waals surface area (Å²) in [6.45, 7) is 3.83. The van der Waals surface area contributed by atoms with Crippen molar-refractivity contribution >= 4 is 20.7 Å². The van der Waals surface area contributed by atoms with E-state index in [4.69, 9.17) is 0 Å². The minimum Gasteiger partial charge on any atom is -0.309 e. The first kappa shape index (κ1) is 14.7. The first-order valence-corrected chi connectivity index (χ1v) is 8.43. The molecule has 0 amide bonds. The molecule has 1 aromatic heterocycles. The van der Waals surface area contributed by atoms with Crippen molar-refractivity contribution in [1.29, 1.82) is 0 Å². The maximum Gasteiger partial charge on any atom is 0.258 e. The van der Waals surface area contributed by atoms with Gasteiger partial charge in [-0.05, 0) is 25.5 Å². The van der Waals surface area contributed by atoms with E-state index in [1.54, 1.807) is 12.1 Å². The molecule has 1 N–H and O–H groups in total. The van der Waals surface area contributed by atoms with E-state index in [2.05, 4.69) is 9.97 Å². The van der Waals surface area contributed by atoms with E-state index in [1.807, 2.05) is 19.9 Å². The van der Waals surface area contributed by atoms with Gasteiger partial charge in [-0.15, -0.1) is 0 Å². The summed E-state index contributed by atoms with van der Waals surface area (Å²) in [5.74, 6) is 0.119. The van der Waals surface area contributed by atoms with Gasteiger partial charge >= 0.3 is 0 Å². The van der Waals surface area contributed by atoms with Gasteiger partial charge in [0, 0.05) is 0 Å². The Hall–Kier alpha value is -1.69. The third-order valence-electron chi connectivity index (χ3n) is 3.08. The van der Waals surface area contributed by atoms with Crippen molar-refractivity contribution in [3.63, 3.8) is 0 Å². The lowest BCUT2D eigenvalue weighted by Gasteiger charge is -2.05. The average Bonchev–Trinajstić information content (AvgIpc) is 2.37. The zero-order chi connectivity index (χ0) is 14.8. The van der Waals surface area contributed by atoms with Crippen molar-refractivity contribution in [1.82, 2.24) is 9.97 Å². The second kappa shape index (κ2) is 5.75. The van der Waals surface area contributed by atoms with Crippen LogP contribution in [0.15, 0.2) is 23.0 Å². The highest BCUT2D eigenvalue weighted by Crippen LogP contribution is 2.11. The Morgan fingerprint density at radius 2 is 2.05 bits per heavy atom. The normalized spacial score (nSPS) is 11.9. The van der Waals surface area contributed by atoms with Crippen LogP contribution in [0.25, 0.3) is 10.9 Å². The Morgan fingerprint density at radius 3 is 2.75 bits per heavy atom. The van der Waals surface area contributed by atoms with E-state index >= 15 is 0 Å². The third-order valence-corrected chi connectivity index (χ3v) is 4.70. The molecular weight excluding hydrogens is 276 g/mol. The van der Waals surface area contributed by atoms with Gasteiger partial charge in [-0.3, -0.25) is 4.79 Å². The molecule has 0 radical (unpaired) electrons. The molecule has 6 heteroatoms. The Kier molecular flexibility index (Phi) is 4.23. The van der Waals surface area contributed by atoms with Gasteiger partial charge in [0.1, 0.15) is 11.6 Å². The molecule has 0 unspecified atom stereocenters. The summed E-state index contributed by atoms with van der Waals surface area (Å²) >= 11 is 0. The topological polar surface area (TPSA) is 79.9 Å². The third kappa shape index (κ3) is 3.45. The lowest BCUT2D eigenvalue weighted by molar-refractivity contribution is 0.590. The fraction of sp³-hybridized carbons (Fsp3) is 0.429. The van der Waals surface area contributed by atoms with E-state index in [-0.39, 0.29) is 22.9 Å². The summed E-state index contributed by atoms with van der Waals surface area (Å²) in [5, 5.41) is 0.486. The van der Waals surface area contributed by atoms with E-state index in [0.717, 1.165) is 12.0 Å². The number of unbranched alkanes of at least 4 members (excludes halogenated alkanes) is 1. The number of nitrogens with zero attached hydrogens (tertiary/aromatic N) is 1. The molecule has 2 rings (SSSR count). The highest BCUT2D eigenvalue weighted by Gasteiger charge is 2.14. The van der Waals surface area contributed by atoms with Crippen molar-refractivity contribution in [3.8, 4) is 0 Å². The molecule has 2 aromatic rings. The monoisotopic (exact) mass is 294 g/mol. The number of H-pyrrole nitrogens is 1. The number of sulfone groups is 1. The van der Waals surface area contributed by atoms with E-state index in [1.165, 1.54) is 0 Å². The summed E-state index contributed by atoms with van der Waals surface area (Å²) in [4.78, 5) is 18.8. The van der Waals surface area contributed by atoms with Crippen molar-refractivity contribution < 1.29 is 8.42 Å². The molecule has 0 fully saturated rings. The molecule has 0 saturated carbocycles. The highest BCUT2D eigenvalue weighted by atomic mass is 32.2. The number of nitrogens with one attached hydrogen (secondary N) is 1. The molecule has 0 aliphatic carbocycles. The Morgan fingerprint density at radius 1 is 1.30 bits per heavy atom. The molecule has 0 bridgehead atoms. The predicted octanol–water partition coefficient (Wildman–Crippen LogP) is 1.95. The van der Waals surface area contributed by atoms with Crippen LogP contribution in [0.5, 0.6) is 0 Å². The van der Waals surface area contributed by atoms with Crippen molar-refractivity contribution in [3.05, 3.63) is 39.9 Å². The smallest absolute Gasteiger partial charge is 0.258 e. The Bertz CT molecular complexity index is 779. The molecule has 20 heavy (non-hydrogen) atoms. The van der Waals surface area contributed by atoms with Crippen LogP contribution in [0.3, 0.4) is 0 Å². The number of benzene rings is 1. The number of aromatic nitrogens is 2. The highest BCUT2D eigenvalue weighted by molar-refractivity contribution is 7.90. The van der Waals surface area contributed by atoms with Gasteiger partial charge < -0.3 is 4.98 Å². The van der Waals surface area contributed by atoms with Crippen LogP contribution in [0, 0.1) is 6.92 Å². The van der Waals surface area contributed by atoms with Crippen LogP contribution in [0.2, 0.25) is 0 Å². The lowest BCUT2D eigenvalue weighted by atomic mass is 10.2. The van der Waals surface area contributed by atoms with Gasteiger partial charge in [-0.1, -0.05) is 25.0 Å². The molecular formula is C14H18N2O3S. The fourth-order valence-corrected chi connectivity index (χ4v) is 3.44. The quantitative estimate of drug-likeness (QED) is 0.914. The number of aryl methyl sites for hydroxylation is 1. The molecule has 1 aromatic carbocycles. The summed E-state index contributed by atoms with van der Waals surface area (Å²) in [6, 6.07) is 5.34. The van der Waals surface area contributed by atoms with Gasteiger partial charge in [0.15, 0.2) is 9.84 Å². The number of hydrogen-bond donors (Lipinski definition) is 1. The maximum atomic E-state index is 12.0. The van der Waals surface area contributed by atoms with E-state index in [9.17, 15) is 13.2 Å². The molecule has 0 saturated heterocycles. The van der Waals surface area contributed by atoms with Crippen LogP contribution in [0.1, 0.15) is 31.2 Å². The van der Waals surface area contributed by atoms with Crippen LogP contribution >= 0.6 is 0 Å². The largest absolute Gasteiger partial charge is 0.309 e. The van der Waals surface area contributed by atoms with Crippen molar-refractivity contribution in [2.45, 2.75) is 32.4 Å². The fourth-order valence-electron chi connectivity index (χ4n) is 2.01. The van der Waals surface area contributed by atoms with Gasteiger partial charge in [0.2, 0.25) is 0 Å². The zero-order valence-electron chi connectivity index (χ0n) is 11.6. The van der Waals surface area contributed by atoms with Crippen molar-refractivity contribution in [2.24, 2.45) is 0 Å². The first-order valence-electron chi connectivity index (χ1n) is 6.61. The average molecular weight is 294 g/mol. The summed E-state index contributed by atoms with van der Waals surface area (Å²) in [5.41, 5.74) is 1.20. The summed E-state index contributed by atoms with van der Waals surface area (Å²) in [7, 11) is -3.22. The minimum absolute atomic E-state index is 0.124. The van der Waals surface area contributed by atoms with Gasteiger partial charge in [-0.2, -0.15) is 0 Å². The molecule has 1 heterocycles. The summed E-state index contributed by atoms with van der Waals surface area (Å²) < 4.78 is 23.8.